The summed E-state index contributed by atoms with van der Waals surface area (Å²) in [6.45, 7) is 0. The molecule has 0 fully saturated rings. The molecule has 3 heterocycles. The van der Waals surface area contributed by atoms with Crippen molar-refractivity contribution in [2.45, 2.75) is 5.41 Å². The number of hydrogen-bond donors (Lipinski definition) is 0. The minimum Gasteiger partial charge on any atom is -0.457 e. The molecule has 0 atom stereocenters. The van der Waals surface area contributed by atoms with E-state index in [4.69, 9.17) is 19.7 Å². The van der Waals surface area contributed by atoms with E-state index >= 15 is 0 Å². The van der Waals surface area contributed by atoms with Crippen molar-refractivity contribution in [3.63, 3.8) is 0 Å². The Kier molecular flexibility index (Phi) is 8.73. The number of benzene rings is 10. The van der Waals surface area contributed by atoms with E-state index in [2.05, 4.69) is 223 Å². The smallest absolute Gasteiger partial charge is 0.164 e. The zero-order valence-electron chi connectivity index (χ0n) is 37.3. The Labute approximate surface area is 399 Å². The molecule has 322 valence electrons. The van der Waals surface area contributed by atoms with Gasteiger partial charge in [-0.3, -0.25) is 0 Å². The number of rotatable bonds is 6. The maximum Gasteiger partial charge on any atom is 0.164 e. The molecule has 69 heavy (non-hydrogen) atoms. The Hall–Kier alpha value is -9.19. The molecule has 14 rings (SSSR count). The molecule has 0 saturated heterocycles. The van der Waals surface area contributed by atoms with Crippen molar-refractivity contribution in [3.8, 4) is 84.7 Å². The largest absolute Gasteiger partial charge is 0.457 e. The van der Waals surface area contributed by atoms with Crippen LogP contribution in [0.25, 0.3) is 95.0 Å². The second-order valence-electron chi connectivity index (χ2n) is 17.9. The summed E-state index contributed by atoms with van der Waals surface area (Å²) >= 11 is 0. The third-order valence-electron chi connectivity index (χ3n) is 14.1. The van der Waals surface area contributed by atoms with Gasteiger partial charge in [0.05, 0.1) is 16.4 Å². The Morgan fingerprint density at radius 1 is 0.319 bits per heavy atom. The van der Waals surface area contributed by atoms with Gasteiger partial charge in [0.25, 0.3) is 0 Å². The highest BCUT2D eigenvalue weighted by Crippen LogP contribution is 2.64. The fraction of sp³-hybridized carbons (Fsp3) is 0.0156. The van der Waals surface area contributed by atoms with Crippen molar-refractivity contribution >= 4 is 21.8 Å². The van der Waals surface area contributed by atoms with E-state index < -0.39 is 5.41 Å². The van der Waals surface area contributed by atoms with Crippen LogP contribution in [0.15, 0.2) is 243 Å². The molecule has 5 heteroatoms. The molecule has 1 aliphatic heterocycles. The summed E-state index contributed by atoms with van der Waals surface area (Å²) in [5.41, 5.74) is 16.8. The molecule has 12 aromatic rings. The minimum atomic E-state index is -0.751. The second-order valence-corrected chi connectivity index (χ2v) is 17.9. The highest BCUT2D eigenvalue weighted by molar-refractivity contribution is 6.13. The molecular formula is C64H40N4O. The van der Waals surface area contributed by atoms with Crippen LogP contribution in [0.1, 0.15) is 22.3 Å². The lowest BCUT2D eigenvalue weighted by molar-refractivity contribution is 0.436. The average molecular weight is 881 g/mol. The van der Waals surface area contributed by atoms with E-state index in [1.165, 1.54) is 27.5 Å². The molecule has 0 bridgehead atoms. The third kappa shape index (κ3) is 6.00. The van der Waals surface area contributed by atoms with Gasteiger partial charge in [-0.25, -0.2) is 15.0 Å². The molecule has 0 radical (unpaired) electrons. The van der Waals surface area contributed by atoms with Gasteiger partial charge >= 0.3 is 0 Å². The van der Waals surface area contributed by atoms with Gasteiger partial charge in [-0.1, -0.05) is 200 Å². The molecule has 0 N–H and O–H groups in total. The first-order valence-corrected chi connectivity index (χ1v) is 23.4. The van der Waals surface area contributed by atoms with Gasteiger partial charge in [0.1, 0.15) is 11.5 Å². The first-order valence-electron chi connectivity index (χ1n) is 23.4. The standard InChI is InChI=1S/C64H40N4O/c1-4-18-41(19-5-1)43-34-36-45(37-35-43)62-65-61(44-22-8-3-9-23-44)66-63(67-62)49-27-17-30-54-60(49)51-39-50-48-26-10-13-31-56(48)68(47-25-16-24-46(38-47)42-20-6-2-7-21-42)57(50)40-55(51)64(54)52-28-11-14-32-58(52)69-59-33-15-12-29-53(59)64/h1-40H. The number of aromatic nitrogens is 4. The molecule has 2 aromatic heterocycles. The monoisotopic (exact) mass is 880 g/mol. The van der Waals surface area contributed by atoms with E-state index in [-0.39, 0.29) is 0 Å². The Bertz CT molecular complexity index is 3930. The van der Waals surface area contributed by atoms with Crippen LogP contribution in [0, 0.1) is 0 Å². The zero-order valence-corrected chi connectivity index (χ0v) is 37.3. The van der Waals surface area contributed by atoms with Crippen LogP contribution in [-0.4, -0.2) is 19.5 Å². The van der Waals surface area contributed by atoms with Gasteiger partial charge in [0.2, 0.25) is 0 Å². The first kappa shape index (κ1) is 39.0. The van der Waals surface area contributed by atoms with E-state index in [1.54, 1.807) is 0 Å². The molecule has 1 aliphatic carbocycles. The van der Waals surface area contributed by atoms with Crippen LogP contribution < -0.4 is 4.74 Å². The van der Waals surface area contributed by atoms with Gasteiger partial charge in [-0.15, -0.1) is 0 Å². The van der Waals surface area contributed by atoms with E-state index in [0.29, 0.717) is 17.5 Å². The lowest BCUT2D eigenvalue weighted by Gasteiger charge is -2.39. The SMILES string of the molecule is c1ccc(-c2ccc(-c3nc(-c4ccccc4)nc(-c4cccc5c4-c4cc6c7ccccc7n(-c7cccc(-c8ccccc8)c7)c6cc4C54c5ccccc5Oc5ccccc54)n3)cc2)cc1. The zero-order chi connectivity index (χ0) is 45.5. The molecule has 0 saturated carbocycles. The summed E-state index contributed by atoms with van der Waals surface area (Å²) in [6, 6.07) is 86.2. The lowest BCUT2D eigenvalue weighted by atomic mass is 9.66. The van der Waals surface area contributed by atoms with Gasteiger partial charge in [-0.05, 0) is 87.0 Å². The van der Waals surface area contributed by atoms with Gasteiger partial charge in [0, 0.05) is 44.3 Å². The highest BCUT2D eigenvalue weighted by atomic mass is 16.5. The van der Waals surface area contributed by atoms with Crippen molar-refractivity contribution in [1.29, 1.82) is 0 Å². The van der Waals surface area contributed by atoms with Crippen LogP contribution >= 0.6 is 0 Å². The Balaban J connectivity index is 1.06. The summed E-state index contributed by atoms with van der Waals surface area (Å²) in [4.78, 5) is 16.0. The normalized spacial score (nSPS) is 12.9. The molecule has 2 aliphatic rings. The predicted octanol–water partition coefficient (Wildman–Crippen LogP) is 15.8. The molecule has 0 unspecified atom stereocenters. The van der Waals surface area contributed by atoms with Gasteiger partial charge in [0.15, 0.2) is 17.5 Å². The highest BCUT2D eigenvalue weighted by Gasteiger charge is 2.52. The number of hydrogen-bond acceptors (Lipinski definition) is 4. The fourth-order valence-electron chi connectivity index (χ4n) is 11.1. The third-order valence-corrected chi connectivity index (χ3v) is 14.1. The summed E-state index contributed by atoms with van der Waals surface area (Å²) in [7, 11) is 0. The van der Waals surface area contributed by atoms with Crippen LogP contribution in [0.4, 0.5) is 0 Å². The second kappa shape index (κ2) is 15.4. The van der Waals surface area contributed by atoms with Crippen molar-refractivity contribution in [1.82, 2.24) is 19.5 Å². The van der Waals surface area contributed by atoms with E-state index in [9.17, 15) is 0 Å². The number of nitrogens with zero attached hydrogens (tertiary/aromatic N) is 4. The number of ether oxygens (including phenoxy) is 1. The van der Waals surface area contributed by atoms with Crippen LogP contribution in [0.3, 0.4) is 0 Å². The topological polar surface area (TPSA) is 52.8 Å². The van der Waals surface area contributed by atoms with Gasteiger partial charge in [-0.2, -0.15) is 0 Å². The summed E-state index contributed by atoms with van der Waals surface area (Å²) in [6.07, 6.45) is 0. The summed E-state index contributed by atoms with van der Waals surface area (Å²) < 4.78 is 9.26. The number of fused-ring (bicyclic) bond motifs is 12. The minimum absolute atomic E-state index is 0.611. The Morgan fingerprint density at radius 2 is 0.826 bits per heavy atom. The molecule has 1 spiro atoms. The fourth-order valence-corrected chi connectivity index (χ4v) is 11.1. The summed E-state index contributed by atoms with van der Waals surface area (Å²) in [5, 5.41) is 2.35. The van der Waals surface area contributed by atoms with Gasteiger partial charge < -0.3 is 9.30 Å². The maximum atomic E-state index is 6.82. The lowest BCUT2D eigenvalue weighted by Crippen LogP contribution is -2.32. The maximum absolute atomic E-state index is 6.82. The van der Waals surface area contributed by atoms with Crippen molar-refractivity contribution in [2.75, 3.05) is 0 Å². The van der Waals surface area contributed by atoms with Crippen LogP contribution in [0.2, 0.25) is 0 Å². The van der Waals surface area contributed by atoms with Crippen molar-refractivity contribution in [2.24, 2.45) is 0 Å². The quantitative estimate of drug-likeness (QED) is 0.167. The summed E-state index contributed by atoms with van der Waals surface area (Å²) in [5.74, 6) is 3.52. The first-order chi connectivity index (χ1) is 34.2. The van der Waals surface area contributed by atoms with E-state index in [1.807, 2.05) is 24.3 Å². The molecule has 10 aromatic carbocycles. The molecule has 0 amide bonds. The molecular weight excluding hydrogens is 841 g/mol. The molecule has 5 nitrogen and oxygen atoms in total. The van der Waals surface area contributed by atoms with Crippen LogP contribution in [-0.2, 0) is 5.41 Å². The van der Waals surface area contributed by atoms with Crippen molar-refractivity contribution in [3.05, 3.63) is 265 Å². The van der Waals surface area contributed by atoms with Crippen molar-refractivity contribution < 1.29 is 4.74 Å². The average Bonchev–Trinajstić information content (AvgIpc) is 3.91. The Morgan fingerprint density at radius 3 is 1.52 bits per heavy atom. The predicted molar refractivity (Wildman–Crippen MR) is 279 cm³/mol. The number of para-hydroxylation sites is 3. The van der Waals surface area contributed by atoms with Crippen LogP contribution in [0.5, 0.6) is 11.5 Å². The van der Waals surface area contributed by atoms with E-state index in [0.717, 1.165) is 83.9 Å².